The van der Waals surface area contributed by atoms with Crippen molar-refractivity contribution in [3.63, 3.8) is 0 Å². The van der Waals surface area contributed by atoms with Crippen molar-refractivity contribution in [3.05, 3.63) is 0 Å². The SMILES string of the molecule is C#CC#CC#CC#CC#CC#CC#CC#CC#CC#CC#CC#CC(=O)NCC[N+]1(C)CCN=C1C. The van der Waals surface area contributed by atoms with E-state index in [9.17, 15) is 4.79 Å². The summed E-state index contributed by atoms with van der Waals surface area (Å²) in [5, 5.41) is 2.75. The number of terminal acetylenes is 1. The van der Waals surface area contributed by atoms with Crippen LogP contribution in [0.4, 0.5) is 0 Å². The molecule has 0 aromatic heterocycles. The molecule has 0 saturated heterocycles. The molecule has 0 bridgehead atoms. The van der Waals surface area contributed by atoms with Crippen molar-refractivity contribution in [1.82, 2.24) is 5.32 Å². The largest absolute Gasteiger partial charge is 0.340 e. The van der Waals surface area contributed by atoms with Crippen LogP contribution in [0.15, 0.2) is 4.99 Å². The van der Waals surface area contributed by atoms with Gasteiger partial charge in [-0.15, -0.1) is 6.42 Å². The Morgan fingerprint density at radius 2 is 1.14 bits per heavy atom. The van der Waals surface area contributed by atoms with E-state index in [-0.39, 0.29) is 5.91 Å². The molecule has 1 aliphatic heterocycles. The van der Waals surface area contributed by atoms with Crippen LogP contribution in [0.1, 0.15) is 6.92 Å². The molecule has 4 nitrogen and oxygen atoms in total. The average molecular weight is 459 g/mol. The Labute approximate surface area is 214 Å². The van der Waals surface area contributed by atoms with Gasteiger partial charge < -0.3 is 5.32 Å². The number of carbonyl (C=O) groups excluding carboxylic acids is 1. The molecule has 1 N–H and O–H groups in total. The quantitative estimate of drug-likeness (QED) is 0.456. The Balaban J connectivity index is 2.35. The van der Waals surface area contributed by atoms with Gasteiger partial charge in [0.15, 0.2) is 5.84 Å². The van der Waals surface area contributed by atoms with E-state index in [1.807, 2.05) is 6.92 Å². The van der Waals surface area contributed by atoms with Crippen LogP contribution in [-0.2, 0) is 4.79 Å². The van der Waals surface area contributed by atoms with Gasteiger partial charge in [-0.1, -0.05) is 0 Å². The molecule has 1 rings (SSSR count). The van der Waals surface area contributed by atoms with Gasteiger partial charge in [-0.25, -0.2) is 4.99 Å². The van der Waals surface area contributed by atoms with Crippen molar-refractivity contribution >= 4 is 11.7 Å². The lowest BCUT2D eigenvalue weighted by atomic mass is 10.4. The van der Waals surface area contributed by atoms with E-state index in [4.69, 9.17) is 6.42 Å². The molecular weight excluding hydrogens is 442 g/mol. The van der Waals surface area contributed by atoms with Crippen molar-refractivity contribution in [2.45, 2.75) is 6.92 Å². The van der Waals surface area contributed by atoms with Gasteiger partial charge in [0.2, 0.25) is 0 Å². The number of rotatable bonds is 3. The van der Waals surface area contributed by atoms with Gasteiger partial charge in [-0.3, -0.25) is 9.28 Å². The highest BCUT2D eigenvalue weighted by Crippen LogP contribution is 2.10. The fourth-order valence-electron chi connectivity index (χ4n) is 2.22. The number of amides is 1. The van der Waals surface area contributed by atoms with Gasteiger partial charge in [0.25, 0.3) is 5.91 Å². The second-order valence-corrected chi connectivity index (χ2v) is 6.42. The second kappa shape index (κ2) is 18.4. The van der Waals surface area contributed by atoms with Crippen LogP contribution in [0, 0.1) is 143 Å². The third kappa shape index (κ3) is 14.0. The zero-order valence-electron chi connectivity index (χ0n) is 19.7. The van der Waals surface area contributed by atoms with Crippen LogP contribution in [0.3, 0.4) is 0 Å². The first-order valence-corrected chi connectivity index (χ1v) is 10.2. The first-order chi connectivity index (χ1) is 17.6. The van der Waals surface area contributed by atoms with E-state index in [1.165, 1.54) is 0 Å². The minimum Gasteiger partial charge on any atom is -0.340 e. The maximum atomic E-state index is 11.7. The Morgan fingerprint density at radius 1 is 0.750 bits per heavy atom. The van der Waals surface area contributed by atoms with Gasteiger partial charge in [-0.2, -0.15) is 0 Å². The molecule has 0 aromatic carbocycles. The maximum Gasteiger partial charge on any atom is 0.297 e. The van der Waals surface area contributed by atoms with Gasteiger partial charge in [0.1, 0.15) is 13.1 Å². The smallest absolute Gasteiger partial charge is 0.297 e. The number of amidine groups is 1. The van der Waals surface area contributed by atoms with Crippen LogP contribution < -0.4 is 5.32 Å². The summed E-state index contributed by atoms with van der Waals surface area (Å²) in [6, 6.07) is 0. The number of quaternary nitrogens is 1. The predicted octanol–water partition coefficient (Wildman–Crippen LogP) is -0.348. The summed E-state index contributed by atoms with van der Waals surface area (Å²) >= 11 is 0. The van der Waals surface area contributed by atoms with Crippen molar-refractivity contribution < 1.29 is 9.28 Å². The van der Waals surface area contributed by atoms with E-state index < -0.39 is 0 Å². The minimum absolute atomic E-state index is 0.382. The van der Waals surface area contributed by atoms with Crippen molar-refractivity contribution in [3.8, 4) is 143 Å². The molecule has 1 heterocycles. The normalized spacial score (nSPS) is 12.3. The zero-order valence-corrected chi connectivity index (χ0v) is 19.7. The zero-order chi connectivity index (χ0) is 26.2. The summed E-state index contributed by atoms with van der Waals surface area (Å²) in [5.41, 5.74) is 0. The van der Waals surface area contributed by atoms with Gasteiger partial charge in [0.05, 0.1) is 20.1 Å². The molecule has 1 amide bonds. The number of nitrogens with zero attached hydrogens (tertiary/aromatic N) is 2. The molecule has 0 saturated carbocycles. The highest BCUT2D eigenvalue weighted by molar-refractivity contribution is 5.94. The number of likely N-dealkylation sites (N-methyl/N-ethyl adjacent to an activating group) is 1. The van der Waals surface area contributed by atoms with E-state index in [2.05, 4.69) is 154 Å². The van der Waals surface area contributed by atoms with Crippen molar-refractivity contribution in [1.29, 1.82) is 0 Å². The van der Waals surface area contributed by atoms with E-state index in [0.717, 1.165) is 30.0 Å². The van der Waals surface area contributed by atoms with Crippen LogP contribution in [0.2, 0.25) is 0 Å². The summed E-state index contributed by atoms with van der Waals surface area (Å²) in [4.78, 5) is 16.1. The molecule has 1 unspecified atom stereocenters. The Morgan fingerprint density at radius 3 is 1.50 bits per heavy atom. The fraction of sp³-hybridized carbons (Fsp3) is 0.188. The molecule has 0 aromatic rings. The third-order valence-corrected chi connectivity index (χ3v) is 4.10. The lowest BCUT2D eigenvalue weighted by Crippen LogP contribution is -2.50. The summed E-state index contributed by atoms with van der Waals surface area (Å²) < 4.78 is 0.740. The Kier molecular flexibility index (Phi) is 14.2. The molecule has 0 fully saturated rings. The number of carbonyl (C=O) groups is 1. The van der Waals surface area contributed by atoms with Crippen molar-refractivity contribution in [2.75, 3.05) is 33.2 Å². The summed E-state index contributed by atoms with van der Waals surface area (Å²) in [7, 11) is 2.10. The number of aliphatic imine (C=N–C) groups is 1. The van der Waals surface area contributed by atoms with Crippen LogP contribution in [0.5, 0.6) is 0 Å². The average Bonchev–Trinajstić information content (AvgIpc) is 3.20. The summed E-state index contributed by atoms with van der Waals surface area (Å²) in [5.74, 6) is 57.1. The molecule has 4 heteroatoms. The van der Waals surface area contributed by atoms with Gasteiger partial charge in [-0.05, 0) is 94.7 Å². The highest BCUT2D eigenvalue weighted by atomic mass is 16.1. The number of nitrogens with one attached hydrogen (secondary N) is 1. The molecular formula is C32H16N3O+. The van der Waals surface area contributed by atoms with Crippen LogP contribution >= 0.6 is 0 Å². The molecule has 1 aliphatic rings. The minimum atomic E-state index is -0.382. The topological polar surface area (TPSA) is 41.5 Å². The van der Waals surface area contributed by atoms with Crippen molar-refractivity contribution in [2.24, 2.45) is 4.99 Å². The molecule has 36 heavy (non-hydrogen) atoms. The third-order valence-electron chi connectivity index (χ3n) is 4.10. The fourth-order valence-corrected chi connectivity index (χ4v) is 2.22. The van der Waals surface area contributed by atoms with E-state index in [1.54, 1.807) is 0 Å². The first-order valence-electron chi connectivity index (χ1n) is 10.2. The van der Waals surface area contributed by atoms with E-state index in [0.29, 0.717) is 6.54 Å². The lowest BCUT2D eigenvalue weighted by Gasteiger charge is -2.28. The first kappa shape index (κ1) is 27.9. The van der Waals surface area contributed by atoms with E-state index >= 15 is 0 Å². The number of hydrogen-bond acceptors (Lipinski definition) is 2. The van der Waals surface area contributed by atoms with Gasteiger partial charge in [0, 0.05) is 48.4 Å². The standard InChI is InChI=1S/C32H15N3O/c1-4-5-6-7-8-9-10-11-12-13-14-15-16-17-18-19-20-21-22-23-24-25-26-32(36)34-28-30-35(3)29-27-33-31(35)2/h1H,27-30H2,2-3H3/p+1. The van der Waals surface area contributed by atoms with Crippen LogP contribution in [0.25, 0.3) is 0 Å². The monoisotopic (exact) mass is 458 g/mol. The summed E-state index contributed by atoms with van der Waals surface area (Å²) in [6.45, 7) is 5.06. The number of hydrogen-bond donors (Lipinski definition) is 1. The maximum absolute atomic E-state index is 11.7. The molecule has 164 valence electrons. The molecule has 0 aliphatic carbocycles. The Bertz CT molecular complexity index is 1670. The highest BCUT2D eigenvalue weighted by Gasteiger charge is 2.29. The summed E-state index contributed by atoms with van der Waals surface area (Å²) in [6.07, 6.45) is 4.93. The van der Waals surface area contributed by atoms with Gasteiger partial charge >= 0.3 is 0 Å². The molecule has 0 spiro atoms. The predicted molar refractivity (Wildman–Crippen MR) is 141 cm³/mol. The lowest BCUT2D eigenvalue weighted by molar-refractivity contribution is -0.813. The molecule has 0 radical (unpaired) electrons. The second-order valence-electron chi connectivity index (χ2n) is 6.42. The van der Waals surface area contributed by atoms with Crippen LogP contribution in [-0.4, -0.2) is 49.5 Å². The Hall–Kier alpha value is -6.18. The molecule has 1 atom stereocenters.